The fraction of sp³-hybridized carbons (Fsp3) is 0.375. The van der Waals surface area contributed by atoms with Crippen LogP contribution in [0.5, 0.6) is 0 Å². The topological polar surface area (TPSA) is 57.4 Å². The van der Waals surface area contributed by atoms with Crippen molar-refractivity contribution in [2.24, 2.45) is 5.92 Å². The third-order valence-corrected chi connectivity index (χ3v) is 5.40. The maximum absolute atomic E-state index is 12.3. The van der Waals surface area contributed by atoms with Crippen LogP contribution in [0.25, 0.3) is 17.0 Å². The molecule has 0 radical (unpaired) electrons. The lowest BCUT2D eigenvalue weighted by Crippen LogP contribution is -2.26. The Morgan fingerprint density at radius 2 is 2.17 bits per heavy atom. The molecule has 154 valence electrons. The Hall–Kier alpha value is -2.79. The fourth-order valence-corrected chi connectivity index (χ4v) is 3.52. The van der Waals surface area contributed by atoms with Crippen LogP contribution in [0.2, 0.25) is 0 Å². The van der Waals surface area contributed by atoms with Crippen molar-refractivity contribution in [3.63, 3.8) is 0 Å². The fourth-order valence-electron chi connectivity index (χ4n) is 3.52. The molecular weight excluding hydrogens is 362 g/mol. The number of aromatic nitrogens is 1. The van der Waals surface area contributed by atoms with Gasteiger partial charge in [-0.15, -0.1) is 0 Å². The van der Waals surface area contributed by atoms with Gasteiger partial charge in [0.2, 0.25) is 5.91 Å². The molecule has 1 aliphatic carbocycles. The molecule has 1 atom stereocenters. The number of H-pyrrole nitrogens is 1. The molecule has 0 aliphatic heterocycles. The largest absolute Gasteiger partial charge is 0.501 e. The van der Waals surface area contributed by atoms with Gasteiger partial charge in [-0.25, -0.2) is 0 Å². The van der Waals surface area contributed by atoms with E-state index < -0.39 is 0 Å². The SMILES string of the molecule is COC1=CC=C(CNC(=O)/C=C/c2ccc3[nH]cc(CCN(C)C)c3c2)C(C)C1. The number of amides is 1. The summed E-state index contributed by atoms with van der Waals surface area (Å²) in [6, 6.07) is 6.24. The quantitative estimate of drug-likeness (QED) is 0.669. The van der Waals surface area contributed by atoms with Gasteiger partial charge in [-0.2, -0.15) is 0 Å². The molecule has 1 unspecified atom stereocenters. The van der Waals surface area contributed by atoms with Crippen molar-refractivity contribution in [2.45, 2.75) is 19.8 Å². The highest BCUT2D eigenvalue weighted by atomic mass is 16.5. The second kappa shape index (κ2) is 9.61. The summed E-state index contributed by atoms with van der Waals surface area (Å²) in [7, 11) is 5.86. The molecule has 0 saturated carbocycles. The first-order chi connectivity index (χ1) is 14.0. The molecule has 0 spiro atoms. The molecule has 0 bridgehead atoms. The summed E-state index contributed by atoms with van der Waals surface area (Å²) in [6.45, 7) is 3.72. The van der Waals surface area contributed by atoms with Crippen molar-refractivity contribution >= 4 is 22.9 Å². The summed E-state index contributed by atoms with van der Waals surface area (Å²) >= 11 is 0. The molecule has 2 N–H and O–H groups in total. The number of carbonyl (C=O) groups is 1. The van der Waals surface area contributed by atoms with E-state index in [4.69, 9.17) is 4.74 Å². The van der Waals surface area contributed by atoms with Crippen molar-refractivity contribution in [1.82, 2.24) is 15.2 Å². The average molecular weight is 394 g/mol. The summed E-state index contributed by atoms with van der Waals surface area (Å²) in [6.07, 6.45) is 11.5. The van der Waals surface area contributed by atoms with Gasteiger partial charge in [0.1, 0.15) is 0 Å². The van der Waals surface area contributed by atoms with Gasteiger partial charge in [-0.3, -0.25) is 4.79 Å². The minimum absolute atomic E-state index is 0.0818. The number of hydrogen-bond donors (Lipinski definition) is 2. The molecule has 1 amide bonds. The van der Waals surface area contributed by atoms with E-state index in [2.05, 4.69) is 54.5 Å². The summed E-state index contributed by atoms with van der Waals surface area (Å²) in [5.74, 6) is 1.27. The first-order valence-electron chi connectivity index (χ1n) is 10.1. The van der Waals surface area contributed by atoms with Gasteiger partial charge in [-0.05, 0) is 67.4 Å². The van der Waals surface area contributed by atoms with Crippen molar-refractivity contribution in [1.29, 1.82) is 0 Å². The first-order valence-corrected chi connectivity index (χ1v) is 10.1. The number of carbonyl (C=O) groups excluding carboxylic acids is 1. The van der Waals surface area contributed by atoms with Gasteiger partial charge >= 0.3 is 0 Å². The third-order valence-electron chi connectivity index (χ3n) is 5.40. The lowest BCUT2D eigenvalue weighted by molar-refractivity contribution is -0.116. The van der Waals surface area contributed by atoms with Crippen LogP contribution in [0.1, 0.15) is 24.5 Å². The number of aromatic amines is 1. The van der Waals surface area contributed by atoms with Gasteiger partial charge in [0.05, 0.1) is 12.9 Å². The van der Waals surface area contributed by atoms with E-state index in [1.54, 1.807) is 13.2 Å². The van der Waals surface area contributed by atoms with Gasteiger partial charge in [-0.1, -0.05) is 19.1 Å². The molecule has 29 heavy (non-hydrogen) atoms. The number of benzene rings is 1. The second-order valence-electron chi connectivity index (χ2n) is 7.91. The summed E-state index contributed by atoms with van der Waals surface area (Å²) in [5, 5.41) is 4.21. The van der Waals surface area contributed by atoms with E-state index in [-0.39, 0.29) is 5.91 Å². The molecule has 2 aromatic rings. The minimum atomic E-state index is -0.0818. The molecule has 0 fully saturated rings. The molecule has 1 heterocycles. The minimum Gasteiger partial charge on any atom is -0.501 e. The van der Waals surface area contributed by atoms with Crippen LogP contribution >= 0.6 is 0 Å². The number of allylic oxidation sites excluding steroid dienone is 3. The Bertz CT molecular complexity index is 950. The Morgan fingerprint density at radius 1 is 1.34 bits per heavy atom. The normalized spacial score (nSPS) is 16.9. The molecule has 1 aromatic carbocycles. The van der Waals surface area contributed by atoms with Crippen LogP contribution in [0.3, 0.4) is 0 Å². The van der Waals surface area contributed by atoms with E-state index in [1.807, 2.05) is 24.3 Å². The predicted octanol–water partition coefficient (Wildman–Crippen LogP) is 3.90. The zero-order chi connectivity index (χ0) is 20.8. The highest BCUT2D eigenvalue weighted by Crippen LogP contribution is 2.24. The molecule has 0 saturated heterocycles. The molecule has 5 heteroatoms. The Balaban J connectivity index is 1.61. The second-order valence-corrected chi connectivity index (χ2v) is 7.91. The number of fused-ring (bicyclic) bond motifs is 1. The van der Waals surface area contributed by atoms with Gasteiger partial charge < -0.3 is 19.9 Å². The van der Waals surface area contributed by atoms with Crippen molar-refractivity contribution in [2.75, 3.05) is 34.3 Å². The number of nitrogens with zero attached hydrogens (tertiary/aromatic N) is 1. The zero-order valence-electron chi connectivity index (χ0n) is 17.8. The number of nitrogens with one attached hydrogen (secondary N) is 2. The van der Waals surface area contributed by atoms with E-state index in [0.717, 1.165) is 36.2 Å². The van der Waals surface area contributed by atoms with Crippen molar-refractivity contribution in [3.8, 4) is 0 Å². The maximum Gasteiger partial charge on any atom is 0.244 e. The van der Waals surface area contributed by atoms with Crippen LogP contribution in [-0.4, -0.2) is 50.1 Å². The van der Waals surface area contributed by atoms with Crippen molar-refractivity contribution < 1.29 is 9.53 Å². The summed E-state index contributed by atoms with van der Waals surface area (Å²) in [4.78, 5) is 17.8. The van der Waals surface area contributed by atoms with E-state index in [0.29, 0.717) is 12.5 Å². The lowest BCUT2D eigenvalue weighted by atomic mass is 9.92. The molecule has 3 rings (SSSR count). The van der Waals surface area contributed by atoms with Crippen molar-refractivity contribution in [3.05, 3.63) is 65.1 Å². The lowest BCUT2D eigenvalue weighted by Gasteiger charge is -2.21. The number of methoxy groups -OCH3 is 1. The Kier molecular flexibility index (Phi) is 6.94. The smallest absolute Gasteiger partial charge is 0.244 e. The maximum atomic E-state index is 12.3. The highest BCUT2D eigenvalue weighted by Gasteiger charge is 2.15. The van der Waals surface area contributed by atoms with Gasteiger partial charge in [0, 0.05) is 42.7 Å². The van der Waals surface area contributed by atoms with Gasteiger partial charge in [0.15, 0.2) is 0 Å². The molecule has 5 nitrogen and oxygen atoms in total. The Morgan fingerprint density at radius 3 is 2.90 bits per heavy atom. The molecular formula is C24H31N3O2. The van der Waals surface area contributed by atoms with Crippen LogP contribution in [0.15, 0.2) is 54.0 Å². The monoisotopic (exact) mass is 393 g/mol. The van der Waals surface area contributed by atoms with Crippen LogP contribution in [0.4, 0.5) is 0 Å². The summed E-state index contributed by atoms with van der Waals surface area (Å²) in [5.41, 5.74) is 4.67. The van der Waals surface area contributed by atoms with Crippen LogP contribution in [0, 0.1) is 5.92 Å². The number of ether oxygens (including phenoxy) is 1. The third kappa shape index (κ3) is 5.61. The van der Waals surface area contributed by atoms with Crippen LogP contribution < -0.4 is 5.32 Å². The highest BCUT2D eigenvalue weighted by molar-refractivity contribution is 5.93. The summed E-state index contributed by atoms with van der Waals surface area (Å²) < 4.78 is 5.30. The van der Waals surface area contributed by atoms with Gasteiger partial charge in [0.25, 0.3) is 0 Å². The predicted molar refractivity (Wildman–Crippen MR) is 120 cm³/mol. The Labute approximate surface area is 173 Å². The van der Waals surface area contributed by atoms with Crippen LogP contribution in [-0.2, 0) is 16.0 Å². The van der Waals surface area contributed by atoms with E-state index in [1.165, 1.54) is 16.5 Å². The molecule has 1 aliphatic rings. The van der Waals surface area contributed by atoms with E-state index >= 15 is 0 Å². The number of likely N-dealkylation sites (N-methyl/N-ethyl adjacent to an activating group) is 1. The standard InChI is InChI=1S/C24H31N3O2/c1-17-13-21(29-4)8-7-19(17)15-26-24(28)10-6-18-5-9-23-22(14-18)20(16-25-23)11-12-27(2)3/h5-10,14,16-17,25H,11-13,15H2,1-4H3,(H,26,28)/b10-6+. The average Bonchev–Trinajstić information content (AvgIpc) is 3.12. The van der Waals surface area contributed by atoms with E-state index in [9.17, 15) is 4.79 Å². The number of hydrogen-bond acceptors (Lipinski definition) is 3. The first kappa shape index (κ1) is 20.9. The molecule has 1 aromatic heterocycles. The number of rotatable bonds is 8. The zero-order valence-corrected chi connectivity index (χ0v) is 17.8.